The monoisotopic (exact) mass is 494 g/mol. The lowest BCUT2D eigenvalue weighted by Crippen LogP contribution is -2.19. The molecular weight excluding hydrogens is 471 g/mol. The predicted octanol–water partition coefficient (Wildman–Crippen LogP) is 6.74. The lowest BCUT2D eigenvalue weighted by Gasteiger charge is -2.08. The number of hydrogen-bond donors (Lipinski definition) is 3. The molecule has 1 aromatic heterocycles. The maximum atomic E-state index is 13.7. The summed E-state index contributed by atoms with van der Waals surface area (Å²) in [5.41, 5.74) is 5.24. The van der Waals surface area contributed by atoms with Gasteiger partial charge in [0.25, 0.3) is 0 Å². The van der Waals surface area contributed by atoms with Crippen LogP contribution < -0.4 is 16.0 Å². The van der Waals surface area contributed by atoms with E-state index < -0.39 is 6.03 Å². The van der Waals surface area contributed by atoms with Gasteiger partial charge >= 0.3 is 6.03 Å². The minimum atomic E-state index is -0.468. The molecule has 3 aromatic carbocycles. The van der Waals surface area contributed by atoms with E-state index in [0.717, 1.165) is 31.4 Å². The number of aromatic nitrogens is 1. The number of anilines is 3. The molecule has 3 amide bonds. The van der Waals surface area contributed by atoms with E-state index in [0.29, 0.717) is 16.9 Å². The molecule has 0 bridgehead atoms. The number of nitrogens with zero attached hydrogens (tertiary/aromatic N) is 1. The summed E-state index contributed by atoms with van der Waals surface area (Å²) in [6, 6.07) is 15.3. The molecule has 0 unspecified atom stereocenters. The Bertz CT molecular complexity index is 1390. The van der Waals surface area contributed by atoms with Crippen molar-refractivity contribution >= 4 is 62.3 Å². The second kappa shape index (κ2) is 10.2. The average molecular weight is 495 g/mol. The number of carbonyl (C=O) groups excluding carboxylic acids is 2. The predicted molar refractivity (Wildman–Crippen MR) is 139 cm³/mol. The maximum Gasteiger partial charge on any atom is 0.323 e. The molecule has 0 saturated carbocycles. The van der Waals surface area contributed by atoms with Crippen molar-refractivity contribution in [2.75, 3.05) is 21.7 Å². The Hall–Kier alpha value is -3.43. The number of benzene rings is 3. The highest BCUT2D eigenvalue weighted by Gasteiger charge is 2.11. The summed E-state index contributed by atoms with van der Waals surface area (Å²) in [7, 11) is 0. The molecule has 0 saturated heterocycles. The summed E-state index contributed by atoms with van der Waals surface area (Å²) in [6.07, 6.45) is 0. The van der Waals surface area contributed by atoms with Gasteiger partial charge in [-0.25, -0.2) is 14.2 Å². The molecule has 34 heavy (non-hydrogen) atoms. The van der Waals surface area contributed by atoms with Gasteiger partial charge in [0.1, 0.15) is 5.82 Å². The number of thiazole rings is 1. The minimum Gasteiger partial charge on any atom is -0.325 e. The van der Waals surface area contributed by atoms with Crippen molar-refractivity contribution in [1.29, 1.82) is 0 Å². The van der Waals surface area contributed by atoms with Crippen molar-refractivity contribution in [3.63, 3.8) is 0 Å². The zero-order chi connectivity index (χ0) is 24.2. The van der Waals surface area contributed by atoms with Gasteiger partial charge in [0.05, 0.1) is 16.0 Å². The van der Waals surface area contributed by atoms with Gasteiger partial charge in [-0.1, -0.05) is 35.5 Å². The van der Waals surface area contributed by atoms with Crippen LogP contribution in [0.25, 0.3) is 10.2 Å². The summed E-state index contributed by atoms with van der Waals surface area (Å²) in [5, 5.41) is 8.31. The molecule has 174 valence electrons. The van der Waals surface area contributed by atoms with Crippen LogP contribution in [-0.2, 0) is 4.79 Å². The van der Waals surface area contributed by atoms with Crippen molar-refractivity contribution in [2.45, 2.75) is 25.1 Å². The van der Waals surface area contributed by atoms with Crippen LogP contribution in [-0.4, -0.2) is 22.7 Å². The first-order valence-electron chi connectivity index (χ1n) is 10.5. The largest absolute Gasteiger partial charge is 0.325 e. The Balaban J connectivity index is 1.35. The van der Waals surface area contributed by atoms with Gasteiger partial charge in [0.15, 0.2) is 4.34 Å². The molecule has 4 rings (SSSR count). The average Bonchev–Trinajstić information content (AvgIpc) is 3.19. The highest BCUT2D eigenvalue weighted by Crippen LogP contribution is 2.31. The van der Waals surface area contributed by atoms with E-state index >= 15 is 0 Å². The number of nitrogens with one attached hydrogen (secondary N) is 3. The Morgan fingerprint density at radius 2 is 1.65 bits per heavy atom. The van der Waals surface area contributed by atoms with E-state index in [4.69, 9.17) is 0 Å². The number of thioether (sulfide) groups is 1. The molecule has 9 heteroatoms. The molecule has 0 fully saturated rings. The third-order valence-corrected chi connectivity index (χ3v) is 7.20. The van der Waals surface area contributed by atoms with Crippen LogP contribution in [0, 0.1) is 26.6 Å². The van der Waals surface area contributed by atoms with Crippen molar-refractivity contribution in [1.82, 2.24) is 4.98 Å². The normalized spacial score (nSPS) is 10.8. The van der Waals surface area contributed by atoms with E-state index in [1.54, 1.807) is 25.1 Å². The second-order valence-electron chi connectivity index (χ2n) is 7.86. The number of carbonyl (C=O) groups is 2. The van der Waals surface area contributed by atoms with Gasteiger partial charge in [-0.15, -0.1) is 11.3 Å². The highest BCUT2D eigenvalue weighted by atomic mass is 32.2. The standard InChI is InChI=1S/C25H23FN4O2S2/c1-14-4-8-20(16(3)10-14)29-23(31)13-33-25-30-21-9-7-18(12-22(21)34-25)28-24(32)27-17-6-5-15(2)19(26)11-17/h4-12H,13H2,1-3H3,(H,29,31)(H2,27,28,32). The fourth-order valence-corrected chi connectivity index (χ4v) is 5.18. The van der Waals surface area contributed by atoms with Crippen LogP contribution in [0.1, 0.15) is 16.7 Å². The highest BCUT2D eigenvalue weighted by molar-refractivity contribution is 8.01. The summed E-state index contributed by atoms with van der Waals surface area (Å²) in [5.74, 6) is -0.229. The van der Waals surface area contributed by atoms with Gasteiger partial charge in [0, 0.05) is 17.1 Å². The van der Waals surface area contributed by atoms with Crippen LogP contribution in [0.3, 0.4) is 0 Å². The first-order chi connectivity index (χ1) is 16.3. The SMILES string of the molecule is Cc1ccc(NC(=O)CSc2nc3ccc(NC(=O)Nc4ccc(C)c(F)c4)cc3s2)c(C)c1. The Kier molecular flexibility index (Phi) is 7.14. The number of urea groups is 1. The van der Waals surface area contributed by atoms with Crippen LogP contribution in [0.5, 0.6) is 0 Å². The lowest BCUT2D eigenvalue weighted by molar-refractivity contribution is -0.113. The van der Waals surface area contributed by atoms with Crippen LogP contribution in [0.15, 0.2) is 58.9 Å². The number of rotatable bonds is 6. The fourth-order valence-electron chi connectivity index (χ4n) is 3.27. The van der Waals surface area contributed by atoms with Gasteiger partial charge in [-0.3, -0.25) is 4.79 Å². The molecule has 1 heterocycles. The molecule has 3 N–H and O–H groups in total. The zero-order valence-electron chi connectivity index (χ0n) is 18.9. The third kappa shape index (κ3) is 5.92. The van der Waals surface area contributed by atoms with Crippen LogP contribution in [0.2, 0.25) is 0 Å². The van der Waals surface area contributed by atoms with Crippen molar-refractivity contribution in [3.8, 4) is 0 Å². The Morgan fingerprint density at radius 3 is 2.38 bits per heavy atom. The summed E-state index contributed by atoms with van der Waals surface area (Å²) in [6.45, 7) is 5.64. The number of aryl methyl sites for hydroxylation is 3. The second-order valence-corrected chi connectivity index (χ2v) is 10.1. The van der Waals surface area contributed by atoms with E-state index in [-0.39, 0.29) is 17.5 Å². The van der Waals surface area contributed by atoms with Gasteiger partial charge < -0.3 is 16.0 Å². The van der Waals surface area contributed by atoms with E-state index in [9.17, 15) is 14.0 Å². The third-order valence-electron chi connectivity index (χ3n) is 5.04. The number of fused-ring (bicyclic) bond motifs is 1. The molecule has 4 aromatic rings. The summed E-state index contributed by atoms with van der Waals surface area (Å²) >= 11 is 2.82. The van der Waals surface area contributed by atoms with Gasteiger partial charge in [-0.2, -0.15) is 0 Å². The van der Waals surface area contributed by atoms with Crippen LogP contribution >= 0.6 is 23.1 Å². The first-order valence-corrected chi connectivity index (χ1v) is 12.3. The Morgan fingerprint density at radius 1 is 0.912 bits per heavy atom. The zero-order valence-corrected chi connectivity index (χ0v) is 20.5. The summed E-state index contributed by atoms with van der Waals surface area (Å²) in [4.78, 5) is 29.2. The lowest BCUT2D eigenvalue weighted by atomic mass is 10.1. The topological polar surface area (TPSA) is 83.1 Å². The first kappa shape index (κ1) is 23.7. The molecule has 0 radical (unpaired) electrons. The molecule has 0 aliphatic rings. The molecule has 6 nitrogen and oxygen atoms in total. The van der Waals surface area contributed by atoms with Crippen molar-refractivity contribution < 1.29 is 14.0 Å². The smallest absolute Gasteiger partial charge is 0.323 e. The number of halogens is 1. The maximum absolute atomic E-state index is 13.7. The quantitative estimate of drug-likeness (QED) is 0.259. The van der Waals surface area contributed by atoms with E-state index in [1.165, 1.54) is 29.2 Å². The minimum absolute atomic E-state index is 0.0946. The molecular formula is C25H23FN4O2S2. The molecule has 0 aliphatic heterocycles. The van der Waals surface area contributed by atoms with Crippen molar-refractivity contribution in [3.05, 3.63) is 77.1 Å². The molecule has 0 spiro atoms. The van der Waals surface area contributed by atoms with Crippen molar-refractivity contribution in [2.24, 2.45) is 0 Å². The van der Waals surface area contributed by atoms with Crippen LogP contribution in [0.4, 0.5) is 26.2 Å². The number of amides is 3. The van der Waals surface area contributed by atoms with E-state index in [2.05, 4.69) is 20.9 Å². The van der Waals surface area contributed by atoms with Gasteiger partial charge in [-0.05, 0) is 68.3 Å². The Labute approximate surface area is 205 Å². The molecule has 0 aliphatic carbocycles. The number of hydrogen-bond acceptors (Lipinski definition) is 5. The molecule has 0 atom stereocenters. The van der Waals surface area contributed by atoms with Gasteiger partial charge in [0.2, 0.25) is 5.91 Å². The van der Waals surface area contributed by atoms with E-state index in [1.807, 2.05) is 44.2 Å². The fraction of sp³-hybridized carbons (Fsp3) is 0.160. The summed E-state index contributed by atoms with van der Waals surface area (Å²) < 4.78 is 15.3.